The fourth-order valence-corrected chi connectivity index (χ4v) is 2.43. The van der Waals surface area contributed by atoms with E-state index in [0.29, 0.717) is 5.78 Å². The first kappa shape index (κ1) is 18.7. The summed E-state index contributed by atoms with van der Waals surface area (Å²) in [6.45, 7) is 6.06. The minimum atomic E-state index is 0.466. The Hall–Kier alpha value is -0.330. The van der Waals surface area contributed by atoms with E-state index in [0.717, 1.165) is 38.5 Å². The molecule has 19 heavy (non-hydrogen) atoms. The highest BCUT2D eigenvalue weighted by molar-refractivity contribution is 5.78. The Labute approximate surface area is 121 Å². The van der Waals surface area contributed by atoms with Crippen LogP contribution in [0.4, 0.5) is 0 Å². The number of hydrogen-bond donors (Lipinski definition) is 0. The highest BCUT2D eigenvalue weighted by Gasteiger charge is 2.01. The molecule has 0 aliphatic heterocycles. The molecule has 113 valence electrons. The second-order valence-electron chi connectivity index (χ2n) is 5.78. The first-order chi connectivity index (χ1) is 9.31. The van der Waals surface area contributed by atoms with E-state index >= 15 is 0 Å². The number of unbranched alkanes of at least 4 members (excludes halogenated alkanes) is 11. The lowest BCUT2D eigenvalue weighted by molar-refractivity contribution is -0.119. The fraction of sp³-hybridized carbons (Fsp3) is 0.889. The standard InChI is InChI=1S/C18H35O/c1-3-5-7-8-9-10-11-12-13-15-17-18(19)16-14-6-4-2/h2-17H2,1H3. The number of carbonyl (C=O) groups is 1. The second-order valence-corrected chi connectivity index (χ2v) is 5.78. The largest absolute Gasteiger partial charge is 0.300 e. The molecule has 0 N–H and O–H groups in total. The maximum absolute atomic E-state index is 11.5. The lowest BCUT2D eigenvalue weighted by Crippen LogP contribution is -1.97. The Morgan fingerprint density at radius 3 is 1.58 bits per heavy atom. The van der Waals surface area contributed by atoms with Crippen LogP contribution in [0.3, 0.4) is 0 Å². The molecule has 0 bridgehead atoms. The second kappa shape index (κ2) is 15.7. The molecular formula is C18H35O. The van der Waals surface area contributed by atoms with E-state index in [1.165, 1.54) is 57.8 Å². The van der Waals surface area contributed by atoms with Crippen LogP contribution in [-0.2, 0) is 4.79 Å². The Balaban J connectivity index is 3.07. The highest BCUT2D eigenvalue weighted by Crippen LogP contribution is 2.12. The average Bonchev–Trinajstić information content (AvgIpc) is 2.41. The van der Waals surface area contributed by atoms with E-state index in [-0.39, 0.29) is 0 Å². The molecule has 0 aromatic rings. The molecule has 0 spiro atoms. The van der Waals surface area contributed by atoms with Gasteiger partial charge >= 0.3 is 0 Å². The van der Waals surface area contributed by atoms with E-state index in [1.54, 1.807) is 0 Å². The Morgan fingerprint density at radius 1 is 0.684 bits per heavy atom. The van der Waals surface area contributed by atoms with Crippen molar-refractivity contribution in [2.45, 2.75) is 103 Å². The molecule has 0 saturated heterocycles. The molecule has 1 radical (unpaired) electrons. The zero-order valence-electron chi connectivity index (χ0n) is 13.2. The van der Waals surface area contributed by atoms with Gasteiger partial charge in [-0.05, 0) is 12.8 Å². The van der Waals surface area contributed by atoms with E-state index in [4.69, 9.17) is 0 Å². The lowest BCUT2D eigenvalue weighted by atomic mass is 10.0. The van der Waals surface area contributed by atoms with E-state index in [1.807, 2.05) is 0 Å². The summed E-state index contributed by atoms with van der Waals surface area (Å²) in [5.74, 6) is 0.466. The number of hydrogen-bond acceptors (Lipinski definition) is 1. The van der Waals surface area contributed by atoms with Crippen LogP contribution in [0, 0.1) is 6.92 Å². The van der Waals surface area contributed by atoms with Crippen molar-refractivity contribution in [3.63, 3.8) is 0 Å². The molecule has 0 saturated carbocycles. The number of ketones is 1. The van der Waals surface area contributed by atoms with Crippen LogP contribution in [0.5, 0.6) is 0 Å². The molecule has 0 heterocycles. The van der Waals surface area contributed by atoms with Crippen LogP contribution >= 0.6 is 0 Å². The molecule has 0 aliphatic rings. The molecule has 0 unspecified atom stereocenters. The van der Waals surface area contributed by atoms with Crippen molar-refractivity contribution >= 4 is 5.78 Å². The van der Waals surface area contributed by atoms with Crippen LogP contribution < -0.4 is 0 Å². The Morgan fingerprint density at radius 2 is 1.11 bits per heavy atom. The summed E-state index contributed by atoms with van der Waals surface area (Å²) in [4.78, 5) is 11.5. The zero-order valence-corrected chi connectivity index (χ0v) is 13.2. The van der Waals surface area contributed by atoms with Crippen molar-refractivity contribution in [2.75, 3.05) is 0 Å². The van der Waals surface area contributed by atoms with Crippen LogP contribution in [0.1, 0.15) is 103 Å². The van der Waals surface area contributed by atoms with Crippen LogP contribution in [0.2, 0.25) is 0 Å². The van der Waals surface area contributed by atoms with Crippen LogP contribution in [0.25, 0.3) is 0 Å². The first-order valence-corrected chi connectivity index (χ1v) is 8.62. The van der Waals surface area contributed by atoms with Crippen molar-refractivity contribution in [2.24, 2.45) is 0 Å². The van der Waals surface area contributed by atoms with Gasteiger partial charge in [0.2, 0.25) is 0 Å². The maximum atomic E-state index is 11.5. The fourth-order valence-electron chi connectivity index (χ4n) is 2.43. The third kappa shape index (κ3) is 15.6. The van der Waals surface area contributed by atoms with Crippen molar-refractivity contribution < 1.29 is 4.79 Å². The predicted octanol–water partition coefficient (Wildman–Crippen LogP) is 6.26. The quantitative estimate of drug-likeness (QED) is 0.320. The van der Waals surface area contributed by atoms with Crippen LogP contribution in [-0.4, -0.2) is 5.78 Å². The summed E-state index contributed by atoms with van der Waals surface area (Å²) in [5.41, 5.74) is 0. The number of rotatable bonds is 15. The Bertz CT molecular complexity index is 186. The molecule has 0 rings (SSSR count). The zero-order chi connectivity index (χ0) is 14.2. The van der Waals surface area contributed by atoms with Gasteiger partial charge in [0, 0.05) is 12.8 Å². The predicted molar refractivity (Wildman–Crippen MR) is 85.3 cm³/mol. The molecule has 0 atom stereocenters. The van der Waals surface area contributed by atoms with Crippen LogP contribution in [0.15, 0.2) is 0 Å². The molecule has 0 aromatic heterocycles. The molecule has 1 nitrogen and oxygen atoms in total. The summed E-state index contributed by atoms with van der Waals surface area (Å²) in [6.07, 6.45) is 18.1. The van der Waals surface area contributed by atoms with Gasteiger partial charge in [-0.1, -0.05) is 84.5 Å². The molecular weight excluding hydrogens is 232 g/mol. The van der Waals surface area contributed by atoms with Gasteiger partial charge in [0.15, 0.2) is 0 Å². The minimum Gasteiger partial charge on any atom is -0.300 e. The normalized spacial score (nSPS) is 10.8. The summed E-state index contributed by atoms with van der Waals surface area (Å²) < 4.78 is 0. The number of Topliss-reactive ketones (excluding diaryl/α,β-unsaturated/α-hetero) is 1. The van der Waals surface area contributed by atoms with Gasteiger partial charge in [-0.25, -0.2) is 0 Å². The third-order valence-electron chi connectivity index (χ3n) is 3.76. The van der Waals surface area contributed by atoms with E-state index < -0.39 is 0 Å². The van der Waals surface area contributed by atoms with Crippen molar-refractivity contribution in [3.8, 4) is 0 Å². The maximum Gasteiger partial charge on any atom is 0.132 e. The summed E-state index contributed by atoms with van der Waals surface area (Å²) in [7, 11) is 0. The first-order valence-electron chi connectivity index (χ1n) is 8.62. The van der Waals surface area contributed by atoms with Gasteiger partial charge < -0.3 is 0 Å². The lowest BCUT2D eigenvalue weighted by Gasteiger charge is -2.02. The molecule has 0 fully saturated rings. The SMILES string of the molecule is [CH2]CCCCC(=O)CCCCCCCCCCCC. The van der Waals surface area contributed by atoms with Gasteiger partial charge in [0.25, 0.3) is 0 Å². The van der Waals surface area contributed by atoms with Crippen molar-refractivity contribution in [1.82, 2.24) is 0 Å². The highest BCUT2D eigenvalue weighted by atomic mass is 16.1. The summed E-state index contributed by atoms with van der Waals surface area (Å²) >= 11 is 0. The molecule has 0 amide bonds. The average molecular weight is 267 g/mol. The summed E-state index contributed by atoms with van der Waals surface area (Å²) in [5, 5.41) is 0. The van der Waals surface area contributed by atoms with Gasteiger partial charge in [-0.3, -0.25) is 4.79 Å². The van der Waals surface area contributed by atoms with Gasteiger partial charge in [-0.2, -0.15) is 0 Å². The molecule has 1 heteroatoms. The monoisotopic (exact) mass is 267 g/mol. The Kier molecular flexibility index (Phi) is 15.5. The smallest absolute Gasteiger partial charge is 0.132 e. The molecule has 0 aromatic carbocycles. The third-order valence-corrected chi connectivity index (χ3v) is 3.76. The van der Waals surface area contributed by atoms with Gasteiger partial charge in [-0.15, -0.1) is 0 Å². The van der Waals surface area contributed by atoms with Crippen molar-refractivity contribution in [1.29, 1.82) is 0 Å². The van der Waals surface area contributed by atoms with Gasteiger partial charge in [0.05, 0.1) is 0 Å². The molecule has 0 aliphatic carbocycles. The minimum absolute atomic E-state index is 0.466. The van der Waals surface area contributed by atoms with E-state index in [2.05, 4.69) is 13.8 Å². The summed E-state index contributed by atoms with van der Waals surface area (Å²) in [6, 6.07) is 0. The van der Waals surface area contributed by atoms with E-state index in [9.17, 15) is 4.79 Å². The van der Waals surface area contributed by atoms with Gasteiger partial charge in [0.1, 0.15) is 5.78 Å². The topological polar surface area (TPSA) is 17.1 Å². The number of carbonyl (C=O) groups excluding carboxylic acids is 1. The van der Waals surface area contributed by atoms with Crippen molar-refractivity contribution in [3.05, 3.63) is 6.92 Å².